The van der Waals surface area contributed by atoms with E-state index in [1.165, 1.54) is 10.9 Å². The highest BCUT2D eigenvalue weighted by atomic mass is 16.7. The summed E-state index contributed by atoms with van der Waals surface area (Å²) < 4.78 is 13.7. The summed E-state index contributed by atoms with van der Waals surface area (Å²) in [5.74, 6) is 0.846. The lowest BCUT2D eigenvalue weighted by Crippen LogP contribution is -2.20. The Morgan fingerprint density at radius 2 is 2.22 bits per heavy atom. The molecule has 0 radical (unpaired) electrons. The highest BCUT2D eigenvalue weighted by molar-refractivity contribution is 5.99. The van der Waals surface area contributed by atoms with Gasteiger partial charge in [-0.2, -0.15) is 10.1 Å². The fourth-order valence-electron chi connectivity index (χ4n) is 3.35. The van der Waals surface area contributed by atoms with Gasteiger partial charge in [0.05, 0.1) is 19.2 Å². The van der Waals surface area contributed by atoms with Crippen LogP contribution < -0.4 is 16.4 Å². The third-order valence-electron chi connectivity index (χ3n) is 4.96. The molecular formula is C21H24N8O3. The molecule has 0 saturated heterocycles. The van der Waals surface area contributed by atoms with Crippen LogP contribution in [0.3, 0.4) is 0 Å². The predicted molar refractivity (Wildman–Crippen MR) is 120 cm³/mol. The monoisotopic (exact) mass is 436 g/mol. The number of ether oxygens (including phenoxy) is 2. The van der Waals surface area contributed by atoms with Crippen molar-refractivity contribution in [1.82, 2.24) is 24.5 Å². The molecule has 1 aliphatic heterocycles. The van der Waals surface area contributed by atoms with Crippen LogP contribution in [-0.4, -0.2) is 51.0 Å². The van der Waals surface area contributed by atoms with Crippen molar-refractivity contribution in [1.29, 1.82) is 0 Å². The molecule has 0 spiro atoms. The molecule has 0 aliphatic carbocycles. The maximum Gasteiger partial charge on any atom is 0.247 e. The fraction of sp³-hybridized carbons (Fsp3) is 0.238. The summed E-state index contributed by atoms with van der Waals surface area (Å²) in [6, 6.07) is 5.60. The Labute approximate surface area is 184 Å². The van der Waals surface area contributed by atoms with Crippen molar-refractivity contribution < 1.29 is 14.3 Å². The number of nitrogens with two attached hydrogens (primary N) is 1. The number of anilines is 3. The largest absolute Gasteiger partial charge is 0.403 e. The first kappa shape index (κ1) is 21.3. The number of benzene rings is 1. The third kappa shape index (κ3) is 4.38. The molecule has 0 saturated carbocycles. The number of hydrogen-bond donors (Lipinski definition) is 3. The van der Waals surface area contributed by atoms with Crippen LogP contribution >= 0.6 is 0 Å². The Balaban J connectivity index is 1.56. The zero-order valence-corrected chi connectivity index (χ0v) is 17.8. The zero-order valence-electron chi connectivity index (χ0n) is 17.8. The van der Waals surface area contributed by atoms with Crippen LogP contribution in [0.15, 0.2) is 43.4 Å². The van der Waals surface area contributed by atoms with E-state index in [9.17, 15) is 4.79 Å². The molecule has 0 fully saturated rings. The molecular weight excluding hydrogens is 412 g/mol. The minimum Gasteiger partial charge on any atom is -0.403 e. The van der Waals surface area contributed by atoms with E-state index < -0.39 is 6.29 Å². The number of nitrogens with one attached hydrogen (secondary N) is 2. The van der Waals surface area contributed by atoms with Crippen molar-refractivity contribution in [2.75, 3.05) is 24.9 Å². The van der Waals surface area contributed by atoms with E-state index in [1.54, 1.807) is 31.3 Å². The van der Waals surface area contributed by atoms with E-state index in [0.29, 0.717) is 30.3 Å². The van der Waals surface area contributed by atoms with Gasteiger partial charge < -0.3 is 25.8 Å². The third-order valence-corrected chi connectivity index (χ3v) is 4.96. The van der Waals surface area contributed by atoms with Crippen molar-refractivity contribution in [2.45, 2.75) is 19.3 Å². The molecule has 1 aliphatic rings. The van der Waals surface area contributed by atoms with Gasteiger partial charge in [-0.15, -0.1) is 5.10 Å². The average Bonchev–Trinajstić information content (AvgIpc) is 3.49. The second-order valence-electron chi connectivity index (χ2n) is 7.10. The number of carbonyl (C=O) groups excluding carboxylic acids is 1. The van der Waals surface area contributed by atoms with Crippen molar-refractivity contribution in [3.63, 3.8) is 0 Å². The van der Waals surface area contributed by atoms with Crippen LogP contribution in [0.2, 0.25) is 0 Å². The number of aromatic nitrogens is 5. The molecule has 11 heteroatoms. The second kappa shape index (κ2) is 9.04. The van der Waals surface area contributed by atoms with E-state index in [-0.39, 0.29) is 5.91 Å². The standard InChI is InChI=1S/C21H24N8O3/c1-13(15-10-23-28(11-15)12-19(31-2)32-3)20-26-21(27-29(20)7-6-22)24-16-4-5-17-14(8-16)9-18(30)25-17/h4-8,10-11,19H,1,9,12,22H2,2-3H3,(H,24,27)(H,25,30)/b7-6-. The quantitative estimate of drug-likeness (QED) is 0.432. The van der Waals surface area contributed by atoms with Gasteiger partial charge in [0.15, 0.2) is 12.1 Å². The van der Waals surface area contributed by atoms with Gasteiger partial charge in [0.25, 0.3) is 0 Å². The van der Waals surface area contributed by atoms with Crippen LogP contribution in [0, 0.1) is 0 Å². The van der Waals surface area contributed by atoms with Crippen LogP contribution in [0.4, 0.5) is 17.3 Å². The van der Waals surface area contributed by atoms with Crippen LogP contribution in [0.25, 0.3) is 11.8 Å². The zero-order chi connectivity index (χ0) is 22.7. The minimum atomic E-state index is -0.409. The predicted octanol–water partition coefficient (Wildman–Crippen LogP) is 1.78. The number of hydrogen-bond acceptors (Lipinski definition) is 8. The molecule has 0 unspecified atom stereocenters. The van der Waals surface area contributed by atoms with Crippen molar-refractivity contribution in [3.05, 3.63) is 60.3 Å². The van der Waals surface area contributed by atoms with Gasteiger partial charge in [0.1, 0.15) is 0 Å². The van der Waals surface area contributed by atoms with Gasteiger partial charge in [-0.05, 0) is 23.8 Å². The smallest absolute Gasteiger partial charge is 0.247 e. The van der Waals surface area contributed by atoms with Gasteiger partial charge in [-0.3, -0.25) is 9.48 Å². The van der Waals surface area contributed by atoms with Gasteiger partial charge in [-0.25, -0.2) is 4.68 Å². The van der Waals surface area contributed by atoms with Gasteiger partial charge in [0.2, 0.25) is 11.9 Å². The molecule has 3 heterocycles. The summed E-state index contributed by atoms with van der Waals surface area (Å²) in [6.07, 6.45) is 6.41. The number of carbonyl (C=O) groups is 1. The van der Waals surface area contributed by atoms with Crippen molar-refractivity contribution in [2.24, 2.45) is 5.73 Å². The van der Waals surface area contributed by atoms with Crippen LogP contribution in [0.1, 0.15) is 17.0 Å². The van der Waals surface area contributed by atoms with E-state index >= 15 is 0 Å². The Kier molecular flexibility index (Phi) is 6.01. The van der Waals surface area contributed by atoms with E-state index in [0.717, 1.165) is 22.5 Å². The second-order valence-corrected chi connectivity index (χ2v) is 7.10. The van der Waals surface area contributed by atoms with Crippen molar-refractivity contribution >= 4 is 35.0 Å². The Bertz CT molecular complexity index is 1180. The molecule has 1 amide bonds. The molecule has 0 bridgehead atoms. The number of methoxy groups -OCH3 is 2. The maximum absolute atomic E-state index is 11.6. The van der Waals surface area contributed by atoms with Gasteiger partial charge in [-0.1, -0.05) is 6.58 Å². The molecule has 32 heavy (non-hydrogen) atoms. The van der Waals surface area contributed by atoms with Gasteiger partial charge in [0, 0.05) is 55.3 Å². The van der Waals surface area contributed by atoms with Crippen LogP contribution in [-0.2, 0) is 27.2 Å². The first-order valence-corrected chi connectivity index (χ1v) is 9.83. The molecule has 4 rings (SSSR count). The Morgan fingerprint density at radius 3 is 2.97 bits per heavy atom. The number of fused-ring (bicyclic) bond motifs is 1. The van der Waals surface area contributed by atoms with E-state index in [2.05, 4.69) is 32.4 Å². The number of rotatable bonds is 9. The van der Waals surface area contributed by atoms with E-state index in [4.69, 9.17) is 15.2 Å². The first-order chi connectivity index (χ1) is 15.5. The molecule has 1 aromatic carbocycles. The summed E-state index contributed by atoms with van der Waals surface area (Å²) >= 11 is 0. The summed E-state index contributed by atoms with van der Waals surface area (Å²) in [6.45, 7) is 4.59. The number of amides is 1. The molecule has 2 aromatic heterocycles. The lowest BCUT2D eigenvalue weighted by molar-refractivity contribution is -0.115. The molecule has 166 valence electrons. The topological polar surface area (TPSA) is 134 Å². The highest BCUT2D eigenvalue weighted by Crippen LogP contribution is 2.28. The maximum atomic E-state index is 11.6. The summed E-state index contributed by atoms with van der Waals surface area (Å²) in [4.78, 5) is 16.2. The molecule has 3 aromatic rings. The SMILES string of the molecule is C=C(c1cnn(CC(OC)OC)c1)c1nc(Nc2ccc3c(c2)CC(=O)N3)nn1/C=C\N. The highest BCUT2D eigenvalue weighted by Gasteiger charge is 2.19. The average molecular weight is 436 g/mol. The lowest BCUT2D eigenvalue weighted by atomic mass is 10.1. The van der Waals surface area contributed by atoms with Crippen molar-refractivity contribution in [3.8, 4) is 0 Å². The van der Waals surface area contributed by atoms with E-state index in [1.807, 2.05) is 24.4 Å². The normalized spacial score (nSPS) is 13.0. The number of nitrogens with zero attached hydrogens (tertiary/aromatic N) is 5. The minimum absolute atomic E-state index is 0.0194. The Hall–Kier alpha value is -3.96. The first-order valence-electron chi connectivity index (χ1n) is 9.83. The Morgan fingerprint density at radius 1 is 1.41 bits per heavy atom. The summed E-state index contributed by atoms with van der Waals surface area (Å²) in [5.41, 5.74) is 9.48. The van der Waals surface area contributed by atoms with Crippen LogP contribution in [0.5, 0.6) is 0 Å². The molecule has 11 nitrogen and oxygen atoms in total. The summed E-state index contributed by atoms with van der Waals surface area (Å²) in [5, 5.41) is 14.8. The molecule has 0 atom stereocenters. The van der Waals surface area contributed by atoms with Gasteiger partial charge >= 0.3 is 0 Å². The summed E-state index contributed by atoms with van der Waals surface area (Å²) in [7, 11) is 3.14. The lowest BCUT2D eigenvalue weighted by Gasteiger charge is -2.12. The fourth-order valence-corrected chi connectivity index (χ4v) is 3.35. The molecule has 4 N–H and O–H groups in total.